The van der Waals surface area contributed by atoms with Gasteiger partial charge in [0.05, 0.1) is 13.2 Å². The van der Waals surface area contributed by atoms with Crippen LogP contribution in [0.2, 0.25) is 0 Å². The highest BCUT2D eigenvalue weighted by atomic mass is 16.5. The summed E-state index contributed by atoms with van der Waals surface area (Å²) in [7, 11) is 1.49. The molecule has 0 aromatic carbocycles. The number of carbonyl (C=O) groups is 1. The predicted octanol–water partition coefficient (Wildman–Crippen LogP) is 2.48. The average Bonchev–Trinajstić information content (AvgIpc) is 3.37. The summed E-state index contributed by atoms with van der Waals surface area (Å²) in [5.74, 6) is 3.43. The number of rotatable bonds is 19. The van der Waals surface area contributed by atoms with Gasteiger partial charge in [0.2, 0.25) is 0 Å². The van der Waals surface area contributed by atoms with Crippen molar-refractivity contribution in [3.8, 4) is 0 Å². The molecule has 0 amide bonds. The number of nitrogens with one attached hydrogen (secondary N) is 5. The first-order valence-corrected chi connectivity index (χ1v) is 18.3. The first-order chi connectivity index (χ1) is 21.2. The number of carbonyl (C=O) groups excluding carboxylic acids is 1. The van der Waals surface area contributed by atoms with Crippen LogP contribution in [0.5, 0.6) is 0 Å². The van der Waals surface area contributed by atoms with Crippen molar-refractivity contribution in [2.24, 2.45) is 52.1 Å². The molecule has 9 heteroatoms. The first kappa shape index (κ1) is 36.0. The minimum Gasteiger partial charge on any atom is -0.469 e. The molecular weight excluding hydrogens is 552 g/mol. The lowest BCUT2D eigenvalue weighted by Crippen LogP contribution is -2.59. The predicted molar refractivity (Wildman–Crippen MR) is 179 cm³/mol. The third-order valence-corrected chi connectivity index (χ3v) is 13.0. The molecule has 44 heavy (non-hydrogen) atoms. The van der Waals surface area contributed by atoms with Crippen molar-refractivity contribution < 1.29 is 14.6 Å². The molecule has 0 radical (unpaired) electrons. The number of methoxy groups -OCH3 is 1. The molecule has 0 heterocycles. The fourth-order valence-corrected chi connectivity index (χ4v) is 10.5. The molecule has 0 aromatic heterocycles. The standard InChI is InChI=1S/C35H68N6O3/c1-25(5-8-32(43)44-4)28-6-7-29-33-30(10-12-35(28,29)3)34(2)11-9-27(23-26(34)24-31(33)42)41-22-21-40-20-19-39-18-17-38-16-15-37-14-13-36/h25-31,33,37-42H,5-24,36H2,1-4H3/t25-,26?,27+,28-,29?,30?,31+,33?,34+,35-/m1/s1. The van der Waals surface area contributed by atoms with Gasteiger partial charge in [-0.2, -0.15) is 0 Å². The maximum Gasteiger partial charge on any atom is 0.305 e. The number of esters is 1. The van der Waals surface area contributed by atoms with Crippen LogP contribution >= 0.6 is 0 Å². The average molecular weight is 621 g/mol. The second-order valence-corrected chi connectivity index (χ2v) is 15.3. The summed E-state index contributed by atoms with van der Waals surface area (Å²) in [6.07, 6.45) is 11.1. The van der Waals surface area contributed by atoms with Crippen molar-refractivity contribution in [2.75, 3.05) is 72.6 Å². The van der Waals surface area contributed by atoms with E-state index in [1.165, 1.54) is 52.1 Å². The van der Waals surface area contributed by atoms with Gasteiger partial charge in [-0.25, -0.2) is 0 Å². The lowest BCUT2D eigenvalue weighted by Gasteiger charge is -2.62. The third-order valence-electron chi connectivity index (χ3n) is 13.0. The fourth-order valence-electron chi connectivity index (χ4n) is 10.5. The molecule has 0 aliphatic heterocycles. The Morgan fingerprint density at radius 3 is 2.07 bits per heavy atom. The van der Waals surface area contributed by atoms with Gasteiger partial charge in [0.25, 0.3) is 0 Å². The van der Waals surface area contributed by atoms with Crippen LogP contribution in [0.3, 0.4) is 0 Å². The summed E-state index contributed by atoms with van der Waals surface area (Å²) in [6.45, 7) is 17.0. The maximum atomic E-state index is 11.8. The molecule has 4 saturated carbocycles. The number of fused-ring (bicyclic) bond motifs is 5. The number of hydrogen-bond donors (Lipinski definition) is 7. The van der Waals surface area contributed by atoms with Crippen molar-refractivity contribution in [1.82, 2.24) is 26.6 Å². The van der Waals surface area contributed by atoms with Crippen LogP contribution in [0.4, 0.5) is 0 Å². The Kier molecular flexibility index (Phi) is 14.2. The van der Waals surface area contributed by atoms with E-state index in [1.54, 1.807) is 0 Å². The van der Waals surface area contributed by atoms with E-state index in [4.69, 9.17) is 10.5 Å². The Hall–Kier alpha value is -0.810. The highest BCUT2D eigenvalue weighted by Crippen LogP contribution is 2.68. The molecule has 0 spiro atoms. The van der Waals surface area contributed by atoms with Crippen molar-refractivity contribution >= 4 is 5.97 Å². The summed E-state index contributed by atoms with van der Waals surface area (Å²) >= 11 is 0. The summed E-state index contributed by atoms with van der Waals surface area (Å²) < 4.78 is 4.93. The number of hydrogen-bond acceptors (Lipinski definition) is 9. The molecular formula is C35H68N6O3. The zero-order valence-corrected chi connectivity index (χ0v) is 28.6. The number of nitrogens with two attached hydrogens (primary N) is 1. The van der Waals surface area contributed by atoms with Crippen molar-refractivity contribution in [2.45, 2.75) is 97.1 Å². The smallest absolute Gasteiger partial charge is 0.305 e. The number of ether oxygens (including phenoxy) is 1. The summed E-state index contributed by atoms with van der Waals surface area (Å²) in [5.41, 5.74) is 6.13. The quantitative estimate of drug-likeness (QED) is 0.0860. The van der Waals surface area contributed by atoms with Crippen LogP contribution in [-0.4, -0.2) is 95.8 Å². The number of aliphatic hydroxyl groups excluding tert-OH is 1. The SMILES string of the molecule is COC(=O)CC[C@@H](C)[C@H]1CCC2C3C(CC[C@@]21C)[C@@]1(C)CC[C@H](NCCNCCNCCNCCNCCN)CC1C[C@@H]3O. The number of aliphatic hydroxyl groups is 1. The lowest BCUT2D eigenvalue weighted by molar-refractivity contribution is -0.167. The molecule has 4 aliphatic carbocycles. The van der Waals surface area contributed by atoms with E-state index >= 15 is 0 Å². The Morgan fingerprint density at radius 2 is 1.43 bits per heavy atom. The maximum absolute atomic E-state index is 11.8. The van der Waals surface area contributed by atoms with Crippen molar-refractivity contribution in [1.29, 1.82) is 0 Å². The van der Waals surface area contributed by atoms with Crippen LogP contribution in [0.15, 0.2) is 0 Å². The summed E-state index contributed by atoms with van der Waals surface area (Å²) in [6, 6.07) is 0.572. The zero-order valence-electron chi connectivity index (χ0n) is 28.6. The fraction of sp³-hybridized carbons (Fsp3) is 0.971. The summed E-state index contributed by atoms with van der Waals surface area (Å²) in [5, 5.41) is 29.4. The van der Waals surface area contributed by atoms with E-state index in [-0.39, 0.29) is 12.1 Å². The topological polar surface area (TPSA) is 133 Å². The Balaban J connectivity index is 1.15. The molecule has 4 aliphatic rings. The van der Waals surface area contributed by atoms with Gasteiger partial charge >= 0.3 is 5.97 Å². The van der Waals surface area contributed by atoms with Crippen LogP contribution in [-0.2, 0) is 9.53 Å². The van der Waals surface area contributed by atoms with Gasteiger partial charge in [0.1, 0.15) is 0 Å². The monoisotopic (exact) mass is 621 g/mol. The first-order valence-electron chi connectivity index (χ1n) is 18.3. The minimum atomic E-state index is -0.164. The van der Waals surface area contributed by atoms with E-state index in [9.17, 15) is 9.90 Å². The largest absolute Gasteiger partial charge is 0.469 e. The molecule has 4 unspecified atom stereocenters. The van der Waals surface area contributed by atoms with E-state index in [0.717, 1.165) is 71.7 Å². The van der Waals surface area contributed by atoms with Gasteiger partial charge in [0.15, 0.2) is 0 Å². The van der Waals surface area contributed by atoms with Crippen LogP contribution < -0.4 is 32.3 Å². The second-order valence-electron chi connectivity index (χ2n) is 15.3. The molecule has 256 valence electrons. The zero-order chi connectivity index (χ0) is 31.6. The van der Waals surface area contributed by atoms with Crippen molar-refractivity contribution in [3.63, 3.8) is 0 Å². The minimum absolute atomic E-state index is 0.0845. The van der Waals surface area contributed by atoms with Gasteiger partial charge in [-0.3, -0.25) is 4.79 Å². The molecule has 4 fully saturated rings. The van der Waals surface area contributed by atoms with Crippen LogP contribution in [0.25, 0.3) is 0 Å². The molecule has 9 nitrogen and oxygen atoms in total. The molecule has 0 saturated heterocycles. The van der Waals surface area contributed by atoms with E-state index in [1.807, 2.05) is 0 Å². The molecule has 0 aromatic rings. The molecule has 10 atom stereocenters. The highest BCUT2D eigenvalue weighted by molar-refractivity contribution is 5.69. The lowest BCUT2D eigenvalue weighted by atomic mass is 9.43. The second kappa shape index (κ2) is 17.4. The Morgan fingerprint density at radius 1 is 0.841 bits per heavy atom. The van der Waals surface area contributed by atoms with Gasteiger partial charge in [-0.1, -0.05) is 20.8 Å². The van der Waals surface area contributed by atoms with E-state index in [2.05, 4.69) is 47.4 Å². The Labute approximate surface area is 268 Å². The van der Waals surface area contributed by atoms with E-state index in [0.29, 0.717) is 65.3 Å². The van der Waals surface area contributed by atoms with Crippen LogP contribution in [0.1, 0.15) is 85.0 Å². The van der Waals surface area contributed by atoms with Gasteiger partial charge in [0, 0.05) is 77.9 Å². The van der Waals surface area contributed by atoms with Gasteiger partial charge < -0.3 is 42.2 Å². The van der Waals surface area contributed by atoms with E-state index < -0.39 is 0 Å². The third kappa shape index (κ3) is 8.75. The highest BCUT2D eigenvalue weighted by Gasteiger charge is 2.62. The molecule has 0 bridgehead atoms. The molecule has 4 rings (SSSR count). The normalized spacial score (nSPS) is 37.2. The summed E-state index contributed by atoms with van der Waals surface area (Å²) in [4.78, 5) is 11.8. The molecule has 8 N–H and O–H groups in total. The van der Waals surface area contributed by atoms with Crippen molar-refractivity contribution in [3.05, 3.63) is 0 Å². The van der Waals surface area contributed by atoms with Gasteiger partial charge in [-0.05, 0) is 104 Å². The van der Waals surface area contributed by atoms with Gasteiger partial charge in [-0.15, -0.1) is 0 Å². The Bertz CT molecular complexity index is 864. The van der Waals surface area contributed by atoms with Crippen LogP contribution in [0, 0.1) is 46.3 Å².